The number of benzene rings is 1. The monoisotopic (exact) mass is 251 g/mol. The SMILES string of the molecule is CCCCN(C)c1cccc(NCC)c1[N+](=O)[O-]. The number of nitrogens with zero attached hydrogens (tertiary/aromatic N) is 2. The lowest BCUT2D eigenvalue weighted by molar-refractivity contribution is -0.383. The van der Waals surface area contributed by atoms with Gasteiger partial charge in [-0.15, -0.1) is 0 Å². The molecule has 1 aromatic carbocycles. The van der Waals surface area contributed by atoms with Gasteiger partial charge >= 0.3 is 5.69 Å². The summed E-state index contributed by atoms with van der Waals surface area (Å²) in [5.41, 5.74) is 1.42. The molecule has 1 aromatic rings. The maximum atomic E-state index is 11.2. The fraction of sp³-hybridized carbons (Fsp3) is 0.538. The van der Waals surface area contributed by atoms with E-state index >= 15 is 0 Å². The van der Waals surface area contributed by atoms with Gasteiger partial charge in [-0.1, -0.05) is 19.4 Å². The fourth-order valence-corrected chi connectivity index (χ4v) is 1.88. The minimum absolute atomic E-state index is 0.165. The molecular weight excluding hydrogens is 230 g/mol. The Morgan fingerprint density at radius 2 is 2.11 bits per heavy atom. The van der Waals surface area contributed by atoms with Crippen LogP contribution in [0.1, 0.15) is 26.7 Å². The van der Waals surface area contributed by atoms with E-state index < -0.39 is 0 Å². The molecule has 18 heavy (non-hydrogen) atoms. The number of nitro groups is 1. The molecule has 1 N–H and O–H groups in total. The molecule has 0 atom stereocenters. The van der Waals surface area contributed by atoms with Gasteiger partial charge in [0.05, 0.1) is 4.92 Å². The molecule has 0 aliphatic heterocycles. The highest BCUT2D eigenvalue weighted by molar-refractivity contribution is 5.76. The summed E-state index contributed by atoms with van der Waals surface area (Å²) in [6.45, 7) is 5.53. The van der Waals surface area contributed by atoms with Crippen molar-refractivity contribution in [3.05, 3.63) is 28.3 Å². The summed E-state index contributed by atoms with van der Waals surface area (Å²) < 4.78 is 0. The number of nitrogens with one attached hydrogen (secondary N) is 1. The van der Waals surface area contributed by atoms with E-state index in [4.69, 9.17) is 0 Å². The summed E-state index contributed by atoms with van der Waals surface area (Å²) in [4.78, 5) is 12.9. The Morgan fingerprint density at radius 1 is 1.39 bits per heavy atom. The van der Waals surface area contributed by atoms with E-state index in [1.165, 1.54) is 0 Å². The smallest absolute Gasteiger partial charge is 0.315 e. The van der Waals surface area contributed by atoms with Gasteiger partial charge in [-0.25, -0.2) is 0 Å². The zero-order chi connectivity index (χ0) is 13.5. The summed E-state index contributed by atoms with van der Waals surface area (Å²) in [5, 5.41) is 14.3. The highest BCUT2D eigenvalue weighted by Gasteiger charge is 2.21. The van der Waals surface area contributed by atoms with Crippen LogP contribution in [0.2, 0.25) is 0 Å². The fourth-order valence-electron chi connectivity index (χ4n) is 1.88. The van der Waals surface area contributed by atoms with Crippen LogP contribution in [0, 0.1) is 10.1 Å². The van der Waals surface area contributed by atoms with Crippen LogP contribution in [0.4, 0.5) is 17.1 Å². The minimum atomic E-state index is -0.310. The lowest BCUT2D eigenvalue weighted by Crippen LogP contribution is -2.20. The van der Waals surface area contributed by atoms with Crippen LogP contribution in [-0.2, 0) is 0 Å². The van der Waals surface area contributed by atoms with Crippen LogP contribution in [0.15, 0.2) is 18.2 Å². The molecule has 0 saturated carbocycles. The Bertz CT molecular complexity index is 407. The van der Waals surface area contributed by atoms with E-state index in [9.17, 15) is 10.1 Å². The van der Waals surface area contributed by atoms with E-state index in [0.717, 1.165) is 19.4 Å². The van der Waals surface area contributed by atoms with E-state index in [1.807, 2.05) is 24.9 Å². The van der Waals surface area contributed by atoms with Gasteiger partial charge in [0.1, 0.15) is 11.4 Å². The number of anilines is 2. The average Bonchev–Trinajstić information content (AvgIpc) is 2.35. The van der Waals surface area contributed by atoms with Crippen LogP contribution in [0.25, 0.3) is 0 Å². The van der Waals surface area contributed by atoms with Crippen molar-refractivity contribution < 1.29 is 4.92 Å². The van der Waals surface area contributed by atoms with Crippen molar-refractivity contribution in [2.24, 2.45) is 0 Å². The summed E-state index contributed by atoms with van der Waals surface area (Å²) in [7, 11) is 1.90. The zero-order valence-corrected chi connectivity index (χ0v) is 11.3. The van der Waals surface area contributed by atoms with Crippen molar-refractivity contribution in [3.8, 4) is 0 Å². The van der Waals surface area contributed by atoms with Gasteiger partial charge in [0.2, 0.25) is 0 Å². The van der Waals surface area contributed by atoms with Crippen molar-refractivity contribution in [2.45, 2.75) is 26.7 Å². The standard InChI is InChI=1S/C13H21N3O2/c1-4-6-10-15(3)12-9-7-8-11(14-5-2)13(12)16(17)18/h7-9,14H,4-6,10H2,1-3H3. The highest BCUT2D eigenvalue weighted by Crippen LogP contribution is 2.34. The predicted octanol–water partition coefficient (Wildman–Crippen LogP) is 3.26. The second-order valence-electron chi connectivity index (χ2n) is 4.24. The van der Waals surface area contributed by atoms with Gasteiger partial charge < -0.3 is 10.2 Å². The quantitative estimate of drug-likeness (QED) is 0.597. The first-order chi connectivity index (χ1) is 8.61. The molecule has 0 saturated heterocycles. The lowest BCUT2D eigenvalue weighted by Gasteiger charge is -2.20. The molecule has 5 heteroatoms. The third kappa shape index (κ3) is 3.35. The molecule has 0 spiro atoms. The third-order valence-electron chi connectivity index (χ3n) is 2.82. The van der Waals surface area contributed by atoms with Crippen molar-refractivity contribution >= 4 is 17.1 Å². The van der Waals surface area contributed by atoms with Crippen LogP contribution >= 0.6 is 0 Å². The number of para-hydroxylation sites is 1. The molecule has 0 fully saturated rings. The Hall–Kier alpha value is -1.78. The van der Waals surface area contributed by atoms with Crippen LogP contribution in [-0.4, -0.2) is 25.1 Å². The normalized spacial score (nSPS) is 10.2. The van der Waals surface area contributed by atoms with Crippen LogP contribution in [0.5, 0.6) is 0 Å². The summed E-state index contributed by atoms with van der Waals surface area (Å²) >= 11 is 0. The zero-order valence-electron chi connectivity index (χ0n) is 11.3. The first kappa shape index (κ1) is 14.3. The Kier molecular flexibility index (Phi) is 5.42. The van der Waals surface area contributed by atoms with Gasteiger partial charge in [0, 0.05) is 20.1 Å². The molecule has 100 valence electrons. The molecule has 0 aromatic heterocycles. The number of unbranched alkanes of at least 4 members (excludes halogenated alkanes) is 1. The van der Waals surface area contributed by atoms with Gasteiger partial charge in [-0.3, -0.25) is 10.1 Å². The van der Waals surface area contributed by atoms with Crippen molar-refractivity contribution in [2.75, 3.05) is 30.4 Å². The molecule has 0 aliphatic rings. The number of hydrogen-bond donors (Lipinski definition) is 1. The topological polar surface area (TPSA) is 58.4 Å². The van der Waals surface area contributed by atoms with E-state index in [-0.39, 0.29) is 10.6 Å². The van der Waals surface area contributed by atoms with E-state index in [0.29, 0.717) is 17.9 Å². The van der Waals surface area contributed by atoms with Crippen LogP contribution in [0.3, 0.4) is 0 Å². The Balaban J connectivity index is 3.09. The molecular formula is C13H21N3O2. The molecule has 0 unspecified atom stereocenters. The minimum Gasteiger partial charge on any atom is -0.380 e. The molecule has 0 heterocycles. The van der Waals surface area contributed by atoms with Gasteiger partial charge in [0.15, 0.2) is 0 Å². The first-order valence-corrected chi connectivity index (χ1v) is 6.34. The first-order valence-electron chi connectivity index (χ1n) is 6.34. The number of hydrogen-bond acceptors (Lipinski definition) is 4. The molecule has 0 aliphatic carbocycles. The Labute approximate surface area is 108 Å². The predicted molar refractivity (Wildman–Crippen MR) is 75.4 cm³/mol. The largest absolute Gasteiger partial charge is 0.380 e. The second kappa shape index (κ2) is 6.83. The maximum absolute atomic E-state index is 11.2. The summed E-state index contributed by atoms with van der Waals surface area (Å²) in [5.74, 6) is 0. The van der Waals surface area contributed by atoms with Crippen LogP contribution < -0.4 is 10.2 Å². The number of nitro benzene ring substituents is 1. The van der Waals surface area contributed by atoms with Gasteiger partial charge in [-0.2, -0.15) is 0 Å². The Morgan fingerprint density at radius 3 is 2.67 bits per heavy atom. The maximum Gasteiger partial charge on any atom is 0.315 e. The summed E-state index contributed by atoms with van der Waals surface area (Å²) in [6, 6.07) is 5.40. The van der Waals surface area contributed by atoms with Gasteiger partial charge in [-0.05, 0) is 25.5 Å². The summed E-state index contributed by atoms with van der Waals surface area (Å²) in [6.07, 6.45) is 2.10. The second-order valence-corrected chi connectivity index (χ2v) is 4.24. The molecule has 5 nitrogen and oxygen atoms in total. The van der Waals surface area contributed by atoms with E-state index in [2.05, 4.69) is 12.2 Å². The molecule has 0 radical (unpaired) electrons. The molecule has 0 amide bonds. The molecule has 1 rings (SSSR count). The van der Waals surface area contributed by atoms with Gasteiger partial charge in [0.25, 0.3) is 0 Å². The lowest BCUT2D eigenvalue weighted by atomic mass is 10.2. The van der Waals surface area contributed by atoms with Crippen molar-refractivity contribution in [3.63, 3.8) is 0 Å². The van der Waals surface area contributed by atoms with E-state index in [1.54, 1.807) is 12.1 Å². The highest BCUT2D eigenvalue weighted by atomic mass is 16.6. The average molecular weight is 251 g/mol. The molecule has 0 bridgehead atoms. The van der Waals surface area contributed by atoms with Crippen molar-refractivity contribution in [1.29, 1.82) is 0 Å². The van der Waals surface area contributed by atoms with Crippen molar-refractivity contribution in [1.82, 2.24) is 0 Å². The third-order valence-corrected chi connectivity index (χ3v) is 2.82. The number of rotatable bonds is 7.